The molecule has 3 aromatic rings. The van der Waals surface area contributed by atoms with Crippen molar-refractivity contribution in [3.05, 3.63) is 64.4 Å². The maximum absolute atomic E-state index is 13.0. The third-order valence-corrected chi connectivity index (χ3v) is 3.04. The number of aromatic nitrogens is 2. The highest BCUT2D eigenvalue weighted by molar-refractivity contribution is 5.66. The number of furan rings is 1. The molecule has 2 aromatic heterocycles. The van der Waals surface area contributed by atoms with Crippen molar-refractivity contribution >= 4 is 0 Å². The summed E-state index contributed by atoms with van der Waals surface area (Å²) in [6.07, 6.45) is -4.47. The first kappa shape index (κ1) is 14.1. The fraction of sp³-hybridized carbons (Fsp3) is 0.0667. The van der Waals surface area contributed by atoms with Crippen LogP contribution in [0.3, 0.4) is 0 Å². The first-order valence-electron chi connectivity index (χ1n) is 6.28. The maximum atomic E-state index is 13.0. The molecular weight excluding hydrogens is 297 g/mol. The molecule has 22 heavy (non-hydrogen) atoms. The zero-order valence-electron chi connectivity index (χ0n) is 11.0. The van der Waals surface area contributed by atoms with E-state index in [1.54, 1.807) is 0 Å². The largest absolute Gasteiger partial charge is 0.454 e. The normalized spacial score (nSPS) is 11.6. The SMILES string of the molecule is O=c1ccc(-c2ccc(-c3ccccc3C(F)(F)F)o2)n[nH]1. The molecule has 0 atom stereocenters. The van der Waals surface area contributed by atoms with Crippen LogP contribution in [0, 0.1) is 0 Å². The molecule has 0 aliphatic carbocycles. The van der Waals surface area contributed by atoms with Crippen molar-refractivity contribution in [1.29, 1.82) is 0 Å². The van der Waals surface area contributed by atoms with Gasteiger partial charge in [-0.1, -0.05) is 18.2 Å². The van der Waals surface area contributed by atoms with Gasteiger partial charge in [-0.3, -0.25) is 4.79 Å². The summed E-state index contributed by atoms with van der Waals surface area (Å²) >= 11 is 0. The standard InChI is InChI=1S/C15H9F3N2O2/c16-15(17,18)10-4-2-1-3-9(10)12-6-7-13(22-12)11-5-8-14(21)20-19-11/h1-8H,(H,20,21). The van der Waals surface area contributed by atoms with Gasteiger partial charge in [0.15, 0.2) is 5.76 Å². The van der Waals surface area contributed by atoms with Gasteiger partial charge in [0.2, 0.25) is 0 Å². The quantitative estimate of drug-likeness (QED) is 0.785. The minimum atomic E-state index is -4.47. The third-order valence-electron chi connectivity index (χ3n) is 3.04. The Bertz CT molecular complexity index is 845. The van der Waals surface area contributed by atoms with Gasteiger partial charge in [0, 0.05) is 11.6 Å². The molecule has 1 N–H and O–H groups in total. The molecule has 0 amide bonds. The number of nitrogens with one attached hydrogen (secondary N) is 1. The van der Waals surface area contributed by atoms with Crippen LogP contribution in [0.4, 0.5) is 13.2 Å². The van der Waals surface area contributed by atoms with Gasteiger partial charge < -0.3 is 4.42 Å². The fourth-order valence-electron chi connectivity index (χ4n) is 2.05. The van der Waals surface area contributed by atoms with Crippen molar-refractivity contribution in [3.63, 3.8) is 0 Å². The molecule has 1 aromatic carbocycles. The number of rotatable bonds is 2. The molecule has 0 bridgehead atoms. The monoisotopic (exact) mass is 306 g/mol. The minimum absolute atomic E-state index is 0.0503. The number of alkyl halides is 3. The smallest absolute Gasteiger partial charge is 0.417 e. The van der Waals surface area contributed by atoms with E-state index in [1.807, 2.05) is 0 Å². The average molecular weight is 306 g/mol. The van der Waals surface area contributed by atoms with Crippen LogP contribution in [0.1, 0.15) is 5.56 Å². The van der Waals surface area contributed by atoms with Crippen LogP contribution >= 0.6 is 0 Å². The lowest BCUT2D eigenvalue weighted by Gasteiger charge is -2.10. The van der Waals surface area contributed by atoms with Gasteiger partial charge in [0.1, 0.15) is 11.5 Å². The second-order valence-electron chi connectivity index (χ2n) is 4.51. The Morgan fingerprint density at radius 3 is 2.36 bits per heavy atom. The second kappa shape index (κ2) is 5.18. The van der Waals surface area contributed by atoms with Gasteiger partial charge in [0.25, 0.3) is 5.56 Å². The summed E-state index contributed by atoms with van der Waals surface area (Å²) in [6.45, 7) is 0. The fourth-order valence-corrected chi connectivity index (χ4v) is 2.05. The molecule has 4 nitrogen and oxygen atoms in total. The second-order valence-corrected chi connectivity index (χ2v) is 4.51. The van der Waals surface area contributed by atoms with Gasteiger partial charge in [0.05, 0.1) is 5.56 Å². The van der Waals surface area contributed by atoms with Gasteiger partial charge in [-0.2, -0.15) is 18.3 Å². The topological polar surface area (TPSA) is 58.9 Å². The number of halogens is 3. The van der Waals surface area contributed by atoms with E-state index in [0.717, 1.165) is 6.07 Å². The lowest BCUT2D eigenvalue weighted by Crippen LogP contribution is -2.06. The average Bonchev–Trinajstić information content (AvgIpc) is 2.97. The number of hydrogen-bond donors (Lipinski definition) is 1. The molecule has 0 saturated heterocycles. The van der Waals surface area contributed by atoms with Crippen LogP contribution < -0.4 is 5.56 Å². The Labute approximate surface area is 122 Å². The summed E-state index contributed by atoms with van der Waals surface area (Å²) < 4.78 is 44.5. The molecule has 0 fully saturated rings. The Balaban J connectivity index is 2.05. The first-order valence-corrected chi connectivity index (χ1v) is 6.28. The molecule has 7 heteroatoms. The molecule has 0 aliphatic heterocycles. The van der Waals surface area contributed by atoms with E-state index in [1.165, 1.54) is 42.5 Å². The molecule has 0 aliphatic rings. The summed E-state index contributed by atoms with van der Waals surface area (Å²) in [4.78, 5) is 11.0. The van der Waals surface area contributed by atoms with E-state index in [9.17, 15) is 18.0 Å². The molecule has 0 unspecified atom stereocenters. The van der Waals surface area contributed by atoms with E-state index in [4.69, 9.17) is 4.42 Å². The van der Waals surface area contributed by atoms with E-state index in [2.05, 4.69) is 10.2 Å². The van der Waals surface area contributed by atoms with E-state index < -0.39 is 11.7 Å². The number of H-pyrrole nitrogens is 1. The molecule has 2 heterocycles. The molecule has 3 rings (SSSR count). The van der Waals surface area contributed by atoms with Crippen molar-refractivity contribution in [2.24, 2.45) is 0 Å². The molecular formula is C15H9F3N2O2. The highest BCUT2D eigenvalue weighted by Crippen LogP contribution is 2.38. The minimum Gasteiger partial charge on any atom is -0.454 e. The lowest BCUT2D eigenvalue weighted by atomic mass is 10.1. The van der Waals surface area contributed by atoms with Gasteiger partial charge in [-0.15, -0.1) is 0 Å². The van der Waals surface area contributed by atoms with Crippen LogP contribution in [-0.2, 0) is 6.18 Å². The van der Waals surface area contributed by atoms with E-state index >= 15 is 0 Å². The number of benzene rings is 1. The lowest BCUT2D eigenvalue weighted by molar-refractivity contribution is -0.137. The summed E-state index contributed by atoms with van der Waals surface area (Å²) in [5.74, 6) is 0.346. The van der Waals surface area contributed by atoms with Crippen molar-refractivity contribution in [3.8, 4) is 22.8 Å². The van der Waals surface area contributed by atoms with Crippen molar-refractivity contribution in [2.45, 2.75) is 6.18 Å². The zero-order chi connectivity index (χ0) is 15.7. The predicted octanol–water partition coefficient (Wildman–Crippen LogP) is 3.72. The zero-order valence-corrected chi connectivity index (χ0v) is 11.0. The van der Waals surface area contributed by atoms with Crippen LogP contribution in [0.5, 0.6) is 0 Å². The van der Waals surface area contributed by atoms with E-state index in [-0.39, 0.29) is 22.6 Å². The summed E-state index contributed by atoms with van der Waals surface area (Å²) in [6, 6.07) is 10.8. The van der Waals surface area contributed by atoms with Crippen molar-refractivity contribution < 1.29 is 17.6 Å². The Hall–Kier alpha value is -2.83. The third kappa shape index (κ3) is 2.65. The van der Waals surface area contributed by atoms with Crippen LogP contribution in [0.25, 0.3) is 22.8 Å². The Kier molecular flexibility index (Phi) is 3.32. The summed E-state index contributed by atoms with van der Waals surface area (Å²) in [5, 5.41) is 6.01. The summed E-state index contributed by atoms with van der Waals surface area (Å²) in [5.41, 5.74) is -0.871. The number of aromatic amines is 1. The summed E-state index contributed by atoms with van der Waals surface area (Å²) in [7, 11) is 0. The van der Waals surface area contributed by atoms with Gasteiger partial charge >= 0.3 is 6.18 Å². The Morgan fingerprint density at radius 1 is 0.955 bits per heavy atom. The van der Waals surface area contributed by atoms with Crippen LogP contribution in [-0.4, -0.2) is 10.2 Å². The highest BCUT2D eigenvalue weighted by atomic mass is 19.4. The first-order chi connectivity index (χ1) is 10.4. The van der Waals surface area contributed by atoms with Crippen LogP contribution in [0.15, 0.2) is 57.7 Å². The van der Waals surface area contributed by atoms with Gasteiger partial charge in [-0.05, 0) is 24.3 Å². The van der Waals surface area contributed by atoms with Crippen molar-refractivity contribution in [1.82, 2.24) is 10.2 Å². The predicted molar refractivity (Wildman–Crippen MR) is 73.0 cm³/mol. The van der Waals surface area contributed by atoms with Crippen LogP contribution in [0.2, 0.25) is 0 Å². The molecule has 0 spiro atoms. The number of nitrogens with zero attached hydrogens (tertiary/aromatic N) is 1. The number of hydrogen-bond acceptors (Lipinski definition) is 3. The molecule has 0 saturated carbocycles. The van der Waals surface area contributed by atoms with Gasteiger partial charge in [-0.25, -0.2) is 5.10 Å². The highest BCUT2D eigenvalue weighted by Gasteiger charge is 2.34. The Morgan fingerprint density at radius 2 is 1.68 bits per heavy atom. The molecule has 0 radical (unpaired) electrons. The van der Waals surface area contributed by atoms with E-state index in [0.29, 0.717) is 5.69 Å². The maximum Gasteiger partial charge on any atom is 0.417 e. The van der Waals surface area contributed by atoms with Crippen molar-refractivity contribution in [2.75, 3.05) is 0 Å². The molecule has 112 valence electrons.